The molecule has 5 heteroatoms. The first-order chi connectivity index (χ1) is 11.1. The van der Waals surface area contributed by atoms with Gasteiger partial charge >= 0.3 is 5.97 Å². The van der Waals surface area contributed by atoms with Crippen LogP contribution < -0.4 is 4.74 Å². The summed E-state index contributed by atoms with van der Waals surface area (Å²) in [5.74, 6) is -0.666. The van der Waals surface area contributed by atoms with Gasteiger partial charge in [0.2, 0.25) is 0 Å². The third kappa shape index (κ3) is 3.63. The Morgan fingerprint density at radius 1 is 1.00 bits per heavy atom. The van der Waals surface area contributed by atoms with E-state index in [1.165, 1.54) is 24.3 Å². The van der Waals surface area contributed by atoms with Crippen molar-refractivity contribution in [1.82, 2.24) is 0 Å². The van der Waals surface area contributed by atoms with Crippen LogP contribution in [0.25, 0.3) is 0 Å². The fourth-order valence-corrected chi connectivity index (χ4v) is 2.39. The average molecular weight is 314 g/mol. The summed E-state index contributed by atoms with van der Waals surface area (Å²) < 4.78 is 23.4. The molecule has 2 aromatic carbocycles. The van der Waals surface area contributed by atoms with E-state index in [1.54, 1.807) is 24.3 Å². The highest BCUT2D eigenvalue weighted by molar-refractivity contribution is 6.09. The molecule has 0 N–H and O–H groups in total. The van der Waals surface area contributed by atoms with E-state index in [1.807, 2.05) is 0 Å². The molecule has 4 nitrogen and oxygen atoms in total. The Morgan fingerprint density at radius 3 is 2.17 bits per heavy atom. The van der Waals surface area contributed by atoms with Crippen LogP contribution in [0, 0.1) is 5.82 Å². The smallest absolute Gasteiger partial charge is 0.340 e. The Kier molecular flexibility index (Phi) is 4.48. The van der Waals surface area contributed by atoms with Gasteiger partial charge in [-0.15, -0.1) is 0 Å². The molecule has 0 saturated carbocycles. The lowest BCUT2D eigenvalue weighted by Crippen LogP contribution is -2.24. The van der Waals surface area contributed by atoms with E-state index in [9.17, 15) is 14.0 Å². The Morgan fingerprint density at radius 2 is 1.61 bits per heavy atom. The zero-order valence-corrected chi connectivity index (χ0v) is 12.3. The molecule has 0 aliphatic carbocycles. The second-order valence-electron chi connectivity index (χ2n) is 5.28. The molecule has 0 bridgehead atoms. The molecule has 1 unspecified atom stereocenters. The van der Waals surface area contributed by atoms with E-state index in [4.69, 9.17) is 9.47 Å². The first-order valence-electron chi connectivity index (χ1n) is 7.37. The van der Waals surface area contributed by atoms with Crippen molar-refractivity contribution in [2.24, 2.45) is 0 Å². The number of carbonyl (C=O) groups excluding carboxylic acids is 2. The lowest BCUT2D eigenvalue weighted by Gasteiger charge is -2.09. The second kappa shape index (κ2) is 6.71. The number of carbonyl (C=O) groups is 2. The largest absolute Gasteiger partial charge is 0.425 e. The SMILES string of the molecule is O=C(c1ccc(F)cc1)c1ccc(OC(=O)C2CCCO2)cc1. The van der Waals surface area contributed by atoms with Crippen LogP contribution in [0.4, 0.5) is 4.39 Å². The van der Waals surface area contributed by atoms with Gasteiger partial charge < -0.3 is 9.47 Å². The highest BCUT2D eigenvalue weighted by atomic mass is 19.1. The normalized spacial score (nSPS) is 17.0. The third-order valence-corrected chi connectivity index (χ3v) is 3.63. The summed E-state index contributed by atoms with van der Waals surface area (Å²) in [5, 5.41) is 0. The average Bonchev–Trinajstić information content (AvgIpc) is 3.10. The van der Waals surface area contributed by atoms with E-state index in [0.717, 1.165) is 6.42 Å². The monoisotopic (exact) mass is 314 g/mol. The zero-order chi connectivity index (χ0) is 16.2. The molecule has 1 aliphatic heterocycles. The molecule has 23 heavy (non-hydrogen) atoms. The van der Waals surface area contributed by atoms with Crippen molar-refractivity contribution >= 4 is 11.8 Å². The number of ether oxygens (including phenoxy) is 2. The van der Waals surface area contributed by atoms with Crippen molar-refractivity contribution in [2.75, 3.05) is 6.61 Å². The number of esters is 1. The van der Waals surface area contributed by atoms with Gasteiger partial charge in [-0.05, 0) is 61.4 Å². The van der Waals surface area contributed by atoms with Crippen molar-refractivity contribution in [1.29, 1.82) is 0 Å². The predicted molar refractivity (Wildman–Crippen MR) is 80.9 cm³/mol. The topological polar surface area (TPSA) is 52.6 Å². The molecule has 0 aromatic heterocycles. The van der Waals surface area contributed by atoms with Crippen molar-refractivity contribution in [3.8, 4) is 5.75 Å². The molecule has 0 radical (unpaired) electrons. The van der Waals surface area contributed by atoms with Gasteiger partial charge in [0.1, 0.15) is 11.6 Å². The highest BCUT2D eigenvalue weighted by Crippen LogP contribution is 2.19. The minimum atomic E-state index is -0.504. The van der Waals surface area contributed by atoms with E-state index >= 15 is 0 Å². The summed E-state index contributed by atoms with van der Waals surface area (Å²) in [7, 11) is 0. The minimum Gasteiger partial charge on any atom is -0.425 e. The van der Waals surface area contributed by atoms with Crippen LogP contribution in [0.3, 0.4) is 0 Å². The Hall–Kier alpha value is -2.53. The molecular formula is C18H15FO4. The summed E-state index contributed by atoms with van der Waals surface area (Å²) in [6.07, 6.45) is 1.01. The highest BCUT2D eigenvalue weighted by Gasteiger charge is 2.25. The van der Waals surface area contributed by atoms with Crippen LogP contribution in [0.2, 0.25) is 0 Å². The quantitative estimate of drug-likeness (QED) is 0.494. The van der Waals surface area contributed by atoms with Gasteiger partial charge in [-0.25, -0.2) is 9.18 Å². The van der Waals surface area contributed by atoms with E-state index in [2.05, 4.69) is 0 Å². The van der Waals surface area contributed by atoms with Crippen LogP contribution in [0.5, 0.6) is 5.75 Å². The van der Waals surface area contributed by atoms with Crippen LogP contribution in [-0.2, 0) is 9.53 Å². The summed E-state index contributed by atoms with van der Waals surface area (Å²) in [6.45, 7) is 0.574. The fraction of sp³-hybridized carbons (Fsp3) is 0.222. The Balaban J connectivity index is 1.67. The summed E-state index contributed by atoms with van der Waals surface area (Å²) in [6, 6.07) is 11.6. The van der Waals surface area contributed by atoms with Gasteiger partial charge in [-0.3, -0.25) is 4.79 Å². The predicted octanol–water partition coefficient (Wildman–Crippen LogP) is 3.14. The maximum Gasteiger partial charge on any atom is 0.340 e. The van der Waals surface area contributed by atoms with Gasteiger partial charge in [-0.2, -0.15) is 0 Å². The molecule has 0 spiro atoms. The van der Waals surface area contributed by atoms with Crippen LogP contribution in [-0.4, -0.2) is 24.5 Å². The van der Waals surface area contributed by atoms with Gasteiger partial charge in [0, 0.05) is 17.7 Å². The van der Waals surface area contributed by atoms with Crippen molar-refractivity contribution in [3.63, 3.8) is 0 Å². The lowest BCUT2D eigenvalue weighted by atomic mass is 10.0. The number of benzene rings is 2. The van der Waals surface area contributed by atoms with Gasteiger partial charge in [0.15, 0.2) is 11.9 Å². The second-order valence-corrected chi connectivity index (χ2v) is 5.28. The third-order valence-electron chi connectivity index (χ3n) is 3.63. The molecule has 1 aliphatic rings. The van der Waals surface area contributed by atoms with E-state index in [0.29, 0.717) is 29.9 Å². The minimum absolute atomic E-state index is 0.220. The summed E-state index contributed by atoms with van der Waals surface area (Å²) in [5.41, 5.74) is 0.837. The molecule has 1 heterocycles. The van der Waals surface area contributed by atoms with Crippen molar-refractivity contribution in [3.05, 3.63) is 65.5 Å². The molecule has 1 saturated heterocycles. The van der Waals surface area contributed by atoms with Gasteiger partial charge in [0.05, 0.1) is 0 Å². The van der Waals surface area contributed by atoms with Crippen molar-refractivity contribution in [2.45, 2.75) is 18.9 Å². The standard InChI is InChI=1S/C18H15FO4/c19-14-7-3-12(4-8-14)17(20)13-5-9-15(10-6-13)23-18(21)16-2-1-11-22-16/h3-10,16H,1-2,11H2. The van der Waals surface area contributed by atoms with Crippen LogP contribution in [0.1, 0.15) is 28.8 Å². The molecule has 1 fully saturated rings. The molecule has 1 atom stereocenters. The molecule has 118 valence electrons. The number of hydrogen-bond donors (Lipinski definition) is 0. The first-order valence-corrected chi connectivity index (χ1v) is 7.37. The molecule has 3 rings (SSSR count). The van der Waals surface area contributed by atoms with Crippen molar-refractivity contribution < 1.29 is 23.5 Å². The summed E-state index contributed by atoms with van der Waals surface area (Å²) in [4.78, 5) is 24.1. The van der Waals surface area contributed by atoms with Gasteiger partial charge in [-0.1, -0.05) is 0 Å². The van der Waals surface area contributed by atoms with E-state index in [-0.39, 0.29) is 5.78 Å². The Bertz CT molecular complexity index is 701. The first kappa shape index (κ1) is 15.4. The maximum atomic E-state index is 12.9. The van der Waals surface area contributed by atoms with Crippen LogP contribution >= 0.6 is 0 Å². The number of ketones is 1. The molecular weight excluding hydrogens is 299 g/mol. The number of hydrogen-bond acceptors (Lipinski definition) is 4. The Labute approximate surface area is 132 Å². The molecule has 2 aromatic rings. The fourth-order valence-electron chi connectivity index (χ4n) is 2.39. The number of rotatable bonds is 4. The van der Waals surface area contributed by atoms with E-state index < -0.39 is 17.9 Å². The summed E-state index contributed by atoms with van der Waals surface area (Å²) >= 11 is 0. The maximum absolute atomic E-state index is 12.9. The lowest BCUT2D eigenvalue weighted by molar-refractivity contribution is -0.144. The number of halogens is 1. The van der Waals surface area contributed by atoms with Gasteiger partial charge in [0.25, 0.3) is 0 Å². The zero-order valence-electron chi connectivity index (χ0n) is 12.3. The molecule has 0 amide bonds. The van der Waals surface area contributed by atoms with Crippen LogP contribution in [0.15, 0.2) is 48.5 Å².